The summed E-state index contributed by atoms with van der Waals surface area (Å²) in [5, 5.41) is 0.523. The van der Waals surface area contributed by atoms with E-state index in [9.17, 15) is 9.59 Å². The Kier molecular flexibility index (Phi) is 4.83. The number of carbonyl (C=O) groups is 2. The summed E-state index contributed by atoms with van der Waals surface area (Å²) < 4.78 is 5.59. The van der Waals surface area contributed by atoms with Gasteiger partial charge in [-0.15, -0.1) is 0 Å². The van der Waals surface area contributed by atoms with Gasteiger partial charge in [-0.1, -0.05) is 23.7 Å². The highest BCUT2D eigenvalue weighted by molar-refractivity contribution is 6.31. The molecule has 1 heterocycles. The van der Waals surface area contributed by atoms with E-state index in [0.29, 0.717) is 27.4 Å². The minimum absolute atomic E-state index is 0.0883. The Bertz CT molecular complexity index is 965. The van der Waals surface area contributed by atoms with E-state index in [1.54, 1.807) is 36.4 Å². The van der Waals surface area contributed by atoms with Crippen LogP contribution in [-0.2, 0) is 11.3 Å². The first-order chi connectivity index (χ1) is 12.0. The largest absolute Gasteiger partial charge is 0.440 e. The molecule has 0 saturated carbocycles. The summed E-state index contributed by atoms with van der Waals surface area (Å²) >= 11 is 5.93. The standard InChI is InChI=1S/C18H15ClN2O4/c1-10(22)12-4-3-5-14(21-24-2)18(12)15(23)9-17-20-13-7-6-11(19)8-16(13)25-17/h3-8,21H,9H2,1-2H3. The fourth-order valence-corrected chi connectivity index (χ4v) is 2.75. The molecule has 0 unspecified atom stereocenters. The quantitative estimate of drug-likeness (QED) is 0.528. The number of carbonyl (C=O) groups excluding carboxylic acids is 2. The lowest BCUT2D eigenvalue weighted by Gasteiger charge is -2.12. The van der Waals surface area contributed by atoms with Crippen LogP contribution < -0.4 is 5.48 Å². The third kappa shape index (κ3) is 3.55. The zero-order valence-electron chi connectivity index (χ0n) is 13.6. The van der Waals surface area contributed by atoms with Crippen molar-refractivity contribution in [2.45, 2.75) is 13.3 Å². The van der Waals surface area contributed by atoms with E-state index < -0.39 is 0 Å². The maximum Gasteiger partial charge on any atom is 0.203 e. The lowest BCUT2D eigenvalue weighted by molar-refractivity contribution is 0.0964. The Morgan fingerprint density at radius 2 is 2.08 bits per heavy atom. The topological polar surface area (TPSA) is 81.4 Å². The van der Waals surface area contributed by atoms with Gasteiger partial charge in [0.25, 0.3) is 0 Å². The van der Waals surface area contributed by atoms with E-state index in [2.05, 4.69) is 10.5 Å². The Balaban J connectivity index is 1.98. The molecule has 0 aliphatic rings. The van der Waals surface area contributed by atoms with Gasteiger partial charge in [0, 0.05) is 16.7 Å². The summed E-state index contributed by atoms with van der Waals surface area (Å²) in [6, 6.07) is 9.99. The van der Waals surface area contributed by atoms with Crippen molar-refractivity contribution in [1.82, 2.24) is 4.98 Å². The molecule has 2 aromatic carbocycles. The van der Waals surface area contributed by atoms with Crippen molar-refractivity contribution in [2.24, 2.45) is 0 Å². The van der Waals surface area contributed by atoms with Gasteiger partial charge in [-0.2, -0.15) is 0 Å². The van der Waals surface area contributed by atoms with E-state index in [0.717, 1.165) is 0 Å². The summed E-state index contributed by atoms with van der Waals surface area (Å²) in [7, 11) is 1.43. The average molecular weight is 359 g/mol. The first-order valence-corrected chi connectivity index (χ1v) is 7.88. The molecule has 1 N–H and O–H groups in total. The molecule has 1 aromatic heterocycles. The van der Waals surface area contributed by atoms with E-state index in [1.165, 1.54) is 14.0 Å². The Morgan fingerprint density at radius 1 is 1.28 bits per heavy atom. The second kappa shape index (κ2) is 7.04. The lowest BCUT2D eigenvalue weighted by Crippen LogP contribution is -2.13. The zero-order chi connectivity index (χ0) is 18.0. The summed E-state index contributed by atoms with van der Waals surface area (Å²) in [5.74, 6) is -0.264. The van der Waals surface area contributed by atoms with Crippen LogP contribution in [0.3, 0.4) is 0 Å². The Labute approximate surface area is 148 Å². The number of nitrogens with one attached hydrogen (secondary N) is 1. The minimum Gasteiger partial charge on any atom is -0.440 e. The number of nitrogens with zero attached hydrogens (tertiary/aromatic N) is 1. The molecule has 0 atom stereocenters. The maximum absolute atomic E-state index is 12.8. The SMILES string of the molecule is CONc1cccc(C(C)=O)c1C(=O)Cc1nc2ccc(Cl)cc2o1. The lowest BCUT2D eigenvalue weighted by atomic mass is 9.97. The number of aromatic nitrogens is 1. The van der Waals surface area contributed by atoms with Gasteiger partial charge in [0.05, 0.1) is 24.8 Å². The molecule has 0 aliphatic carbocycles. The van der Waals surface area contributed by atoms with Gasteiger partial charge < -0.3 is 4.42 Å². The van der Waals surface area contributed by atoms with Crippen molar-refractivity contribution in [1.29, 1.82) is 0 Å². The predicted octanol–water partition coefficient (Wildman–Crippen LogP) is 4.08. The van der Waals surface area contributed by atoms with E-state index in [-0.39, 0.29) is 29.4 Å². The van der Waals surface area contributed by atoms with E-state index >= 15 is 0 Å². The van der Waals surface area contributed by atoms with Crippen molar-refractivity contribution >= 4 is 40.0 Å². The number of halogens is 1. The Morgan fingerprint density at radius 3 is 2.80 bits per heavy atom. The molecule has 3 aromatic rings. The van der Waals surface area contributed by atoms with Crippen molar-refractivity contribution in [3.05, 3.63) is 58.4 Å². The highest BCUT2D eigenvalue weighted by atomic mass is 35.5. The molecule has 0 bridgehead atoms. The summed E-state index contributed by atoms with van der Waals surface area (Å²) in [6.45, 7) is 1.41. The monoisotopic (exact) mass is 358 g/mol. The number of oxazole rings is 1. The van der Waals surface area contributed by atoms with Crippen molar-refractivity contribution in [2.75, 3.05) is 12.6 Å². The normalized spacial score (nSPS) is 10.8. The highest BCUT2D eigenvalue weighted by Crippen LogP contribution is 2.25. The number of hydrogen-bond donors (Lipinski definition) is 1. The van der Waals surface area contributed by atoms with Crippen LogP contribution in [0.25, 0.3) is 11.1 Å². The molecule has 7 heteroatoms. The molecule has 6 nitrogen and oxygen atoms in total. The minimum atomic E-state index is -0.303. The number of ketones is 2. The van der Waals surface area contributed by atoms with Gasteiger partial charge in [-0.3, -0.25) is 19.9 Å². The van der Waals surface area contributed by atoms with Crippen LogP contribution in [0.15, 0.2) is 40.8 Å². The molecule has 0 aliphatic heterocycles. The second-order valence-corrected chi connectivity index (χ2v) is 5.85. The predicted molar refractivity (Wildman–Crippen MR) is 94.1 cm³/mol. The van der Waals surface area contributed by atoms with Crippen LogP contribution in [-0.4, -0.2) is 23.7 Å². The number of anilines is 1. The molecule has 0 radical (unpaired) electrons. The van der Waals surface area contributed by atoms with Crippen LogP contribution in [0.2, 0.25) is 5.02 Å². The fourth-order valence-electron chi connectivity index (χ4n) is 2.59. The third-order valence-electron chi connectivity index (χ3n) is 3.64. The van der Waals surface area contributed by atoms with Gasteiger partial charge >= 0.3 is 0 Å². The first-order valence-electron chi connectivity index (χ1n) is 7.50. The number of Topliss-reactive ketones (excluding diaryl/α,β-unsaturated/α-hetero) is 2. The van der Waals surface area contributed by atoms with Crippen LogP contribution in [0.5, 0.6) is 0 Å². The highest BCUT2D eigenvalue weighted by Gasteiger charge is 2.21. The third-order valence-corrected chi connectivity index (χ3v) is 3.88. The molecular formula is C18H15ClN2O4. The Hall–Kier alpha value is -2.70. The number of benzene rings is 2. The van der Waals surface area contributed by atoms with Crippen molar-refractivity contribution < 1.29 is 18.8 Å². The van der Waals surface area contributed by atoms with Crippen LogP contribution in [0.1, 0.15) is 33.5 Å². The van der Waals surface area contributed by atoms with Crippen LogP contribution in [0, 0.1) is 0 Å². The zero-order valence-corrected chi connectivity index (χ0v) is 14.4. The number of rotatable bonds is 6. The molecular weight excluding hydrogens is 344 g/mol. The maximum atomic E-state index is 12.8. The molecule has 128 valence electrons. The van der Waals surface area contributed by atoms with E-state index in [4.69, 9.17) is 20.9 Å². The van der Waals surface area contributed by atoms with Crippen LogP contribution >= 0.6 is 11.6 Å². The van der Waals surface area contributed by atoms with Gasteiger partial charge in [0.15, 0.2) is 17.1 Å². The molecule has 0 saturated heterocycles. The number of fused-ring (bicyclic) bond motifs is 1. The molecule has 0 spiro atoms. The van der Waals surface area contributed by atoms with Crippen LogP contribution in [0.4, 0.5) is 5.69 Å². The molecule has 0 fully saturated rings. The van der Waals surface area contributed by atoms with Gasteiger partial charge in [-0.05, 0) is 25.1 Å². The molecule has 25 heavy (non-hydrogen) atoms. The summed E-state index contributed by atoms with van der Waals surface area (Å²) in [5.41, 5.74) is 4.72. The average Bonchev–Trinajstić information content (AvgIpc) is 2.96. The fraction of sp³-hybridized carbons (Fsp3) is 0.167. The summed E-state index contributed by atoms with van der Waals surface area (Å²) in [4.78, 5) is 33.9. The van der Waals surface area contributed by atoms with E-state index in [1.807, 2.05) is 0 Å². The van der Waals surface area contributed by atoms with Gasteiger partial charge in [0.2, 0.25) is 5.89 Å². The number of hydrogen-bond acceptors (Lipinski definition) is 6. The smallest absolute Gasteiger partial charge is 0.203 e. The van der Waals surface area contributed by atoms with Gasteiger partial charge in [0.1, 0.15) is 5.52 Å². The molecule has 0 amide bonds. The van der Waals surface area contributed by atoms with Gasteiger partial charge in [-0.25, -0.2) is 4.98 Å². The second-order valence-electron chi connectivity index (χ2n) is 5.41. The first kappa shape index (κ1) is 17.1. The summed E-state index contributed by atoms with van der Waals surface area (Å²) in [6.07, 6.45) is -0.0883. The van der Waals surface area contributed by atoms with Crippen molar-refractivity contribution in [3.8, 4) is 0 Å². The van der Waals surface area contributed by atoms with Crippen molar-refractivity contribution in [3.63, 3.8) is 0 Å². The molecule has 3 rings (SSSR count).